The maximum atomic E-state index is 14.1. The van der Waals surface area contributed by atoms with Gasteiger partial charge in [-0.05, 0) is 37.7 Å². The van der Waals surface area contributed by atoms with Crippen molar-refractivity contribution in [2.24, 2.45) is 5.92 Å². The highest BCUT2D eigenvalue weighted by molar-refractivity contribution is 5.67. The summed E-state index contributed by atoms with van der Waals surface area (Å²) >= 11 is 0. The van der Waals surface area contributed by atoms with Crippen LogP contribution in [-0.4, -0.2) is 44.8 Å². The number of rotatable bonds is 5. The van der Waals surface area contributed by atoms with E-state index in [2.05, 4.69) is 20.2 Å². The summed E-state index contributed by atoms with van der Waals surface area (Å²) in [7, 11) is 1.55. The van der Waals surface area contributed by atoms with E-state index in [9.17, 15) is 13.2 Å². The van der Waals surface area contributed by atoms with Gasteiger partial charge >= 0.3 is 6.18 Å². The highest BCUT2D eigenvalue weighted by atomic mass is 19.4. The number of methoxy groups -OCH3 is 1. The highest BCUT2D eigenvalue weighted by Gasteiger charge is 2.40. The van der Waals surface area contributed by atoms with Crippen LogP contribution in [0.1, 0.15) is 48.8 Å². The Morgan fingerprint density at radius 1 is 1.06 bits per heavy atom. The van der Waals surface area contributed by atoms with Crippen LogP contribution in [0, 0.1) is 5.92 Å². The summed E-state index contributed by atoms with van der Waals surface area (Å²) in [6, 6.07) is 1.56. The van der Waals surface area contributed by atoms with Crippen molar-refractivity contribution in [2.75, 3.05) is 25.1 Å². The third kappa shape index (κ3) is 3.90. The third-order valence-corrected chi connectivity index (χ3v) is 6.16. The molecule has 0 amide bonds. The minimum absolute atomic E-state index is 0.110. The van der Waals surface area contributed by atoms with Crippen LogP contribution in [-0.2, 0) is 12.6 Å². The van der Waals surface area contributed by atoms with Crippen LogP contribution in [0.3, 0.4) is 0 Å². The van der Waals surface area contributed by atoms with E-state index in [0.29, 0.717) is 55.7 Å². The van der Waals surface area contributed by atoms with E-state index in [1.165, 1.54) is 4.40 Å². The molecular weight excluding hydrogens is 409 g/mol. The second kappa shape index (κ2) is 7.65. The van der Waals surface area contributed by atoms with E-state index in [4.69, 9.17) is 4.74 Å². The van der Waals surface area contributed by atoms with Gasteiger partial charge in [0.25, 0.3) is 0 Å². The molecule has 0 unspecified atom stereocenters. The molecule has 1 saturated carbocycles. The van der Waals surface area contributed by atoms with Gasteiger partial charge in [0.15, 0.2) is 11.4 Å². The molecule has 2 aliphatic rings. The number of piperidine rings is 1. The lowest BCUT2D eigenvalue weighted by atomic mass is 9.95. The topological polar surface area (TPSA) is 68.4 Å². The molecule has 4 heterocycles. The van der Waals surface area contributed by atoms with Crippen LogP contribution in [0.15, 0.2) is 24.7 Å². The highest BCUT2D eigenvalue weighted by Crippen LogP contribution is 2.41. The number of alkyl halides is 3. The van der Waals surface area contributed by atoms with E-state index in [1.54, 1.807) is 36.7 Å². The Balaban J connectivity index is 1.40. The summed E-state index contributed by atoms with van der Waals surface area (Å²) in [4.78, 5) is 10.5. The molecule has 7 nitrogen and oxygen atoms in total. The summed E-state index contributed by atoms with van der Waals surface area (Å²) in [5, 5.41) is 8.00. The van der Waals surface area contributed by atoms with Crippen molar-refractivity contribution in [1.82, 2.24) is 24.6 Å². The predicted octanol–water partition coefficient (Wildman–Crippen LogP) is 3.88. The zero-order valence-corrected chi connectivity index (χ0v) is 17.1. The fraction of sp³-hybridized carbons (Fsp3) is 0.524. The van der Waals surface area contributed by atoms with Gasteiger partial charge in [0.05, 0.1) is 25.2 Å². The van der Waals surface area contributed by atoms with Gasteiger partial charge in [0.1, 0.15) is 17.2 Å². The number of nitrogens with zero attached hydrogens (tertiary/aromatic N) is 6. The summed E-state index contributed by atoms with van der Waals surface area (Å²) in [6.45, 7) is 0.977. The van der Waals surface area contributed by atoms with Crippen molar-refractivity contribution < 1.29 is 17.9 Å². The molecule has 1 aliphatic heterocycles. The smallest absolute Gasteiger partial charge is 0.422 e. The molecule has 10 heteroatoms. The summed E-state index contributed by atoms with van der Waals surface area (Å²) in [5.41, 5.74) is -0.649. The summed E-state index contributed by atoms with van der Waals surface area (Å²) in [6.07, 6.45) is 4.63. The van der Waals surface area contributed by atoms with E-state index in [-0.39, 0.29) is 17.3 Å². The number of anilines is 1. The van der Waals surface area contributed by atoms with Crippen molar-refractivity contribution in [3.05, 3.63) is 41.9 Å². The summed E-state index contributed by atoms with van der Waals surface area (Å²) in [5.74, 6) is 2.51. The Morgan fingerprint density at radius 2 is 1.77 bits per heavy atom. The second-order valence-electron chi connectivity index (χ2n) is 8.27. The van der Waals surface area contributed by atoms with Crippen molar-refractivity contribution in [3.8, 4) is 5.75 Å². The van der Waals surface area contributed by atoms with Gasteiger partial charge in [-0.1, -0.05) is 0 Å². The van der Waals surface area contributed by atoms with Gasteiger partial charge in [-0.2, -0.15) is 13.2 Å². The minimum Gasteiger partial charge on any atom is -0.494 e. The molecule has 0 bridgehead atoms. The number of ether oxygens (including phenoxy) is 1. The van der Waals surface area contributed by atoms with Gasteiger partial charge in [0.2, 0.25) is 0 Å². The number of fused-ring (bicyclic) bond motifs is 1. The standard InChI is InChI=1S/C21H23F3N6O/c1-31-15-11-25-19(26-12-15)14-4-7-29(8-5-14)16-6-9-30-17(10-13-2-3-13)27-28-20(30)18(16)21(22,23)24/h6,9,11-14H,2-5,7-8,10H2,1H3. The van der Waals surface area contributed by atoms with Crippen LogP contribution < -0.4 is 9.64 Å². The first-order valence-electron chi connectivity index (χ1n) is 10.5. The quantitative estimate of drug-likeness (QED) is 0.610. The molecule has 3 aromatic rings. The zero-order chi connectivity index (χ0) is 21.6. The Hall–Kier alpha value is -2.91. The van der Waals surface area contributed by atoms with E-state index >= 15 is 0 Å². The lowest BCUT2D eigenvalue weighted by Crippen LogP contribution is -2.35. The van der Waals surface area contributed by atoms with Crippen molar-refractivity contribution >= 4 is 11.3 Å². The zero-order valence-electron chi connectivity index (χ0n) is 17.1. The first-order chi connectivity index (χ1) is 14.9. The van der Waals surface area contributed by atoms with Crippen LogP contribution >= 0.6 is 0 Å². The molecule has 1 aliphatic carbocycles. The fourth-order valence-electron chi connectivity index (χ4n) is 4.27. The molecule has 0 atom stereocenters. The maximum absolute atomic E-state index is 14.1. The van der Waals surface area contributed by atoms with Crippen molar-refractivity contribution in [2.45, 2.75) is 44.2 Å². The third-order valence-electron chi connectivity index (χ3n) is 6.16. The number of hydrogen-bond donors (Lipinski definition) is 0. The van der Waals surface area contributed by atoms with Gasteiger partial charge in [-0.15, -0.1) is 10.2 Å². The van der Waals surface area contributed by atoms with Crippen LogP contribution in [0.2, 0.25) is 0 Å². The molecule has 0 N–H and O–H groups in total. The van der Waals surface area contributed by atoms with Gasteiger partial charge < -0.3 is 9.64 Å². The lowest BCUT2D eigenvalue weighted by molar-refractivity contribution is -0.136. The fourth-order valence-corrected chi connectivity index (χ4v) is 4.27. The molecule has 5 rings (SSSR count). The van der Waals surface area contributed by atoms with Crippen molar-refractivity contribution in [1.29, 1.82) is 0 Å². The second-order valence-corrected chi connectivity index (χ2v) is 8.27. The maximum Gasteiger partial charge on any atom is 0.422 e. The van der Waals surface area contributed by atoms with Gasteiger partial charge in [-0.3, -0.25) is 4.40 Å². The largest absolute Gasteiger partial charge is 0.494 e. The van der Waals surface area contributed by atoms with Crippen molar-refractivity contribution in [3.63, 3.8) is 0 Å². The molecule has 1 saturated heterocycles. The Bertz CT molecular complexity index is 1070. The average molecular weight is 432 g/mol. The lowest BCUT2D eigenvalue weighted by Gasteiger charge is -2.34. The van der Waals surface area contributed by atoms with E-state index in [0.717, 1.165) is 12.8 Å². The van der Waals surface area contributed by atoms with Gasteiger partial charge in [-0.25, -0.2) is 9.97 Å². The van der Waals surface area contributed by atoms with Crippen LogP contribution in [0.25, 0.3) is 5.65 Å². The molecule has 2 fully saturated rings. The van der Waals surface area contributed by atoms with Gasteiger partial charge in [0, 0.05) is 31.6 Å². The first kappa shape index (κ1) is 20.0. The van der Waals surface area contributed by atoms with E-state index < -0.39 is 11.7 Å². The number of aromatic nitrogens is 5. The molecule has 0 spiro atoms. The normalized spacial score (nSPS) is 18.0. The number of pyridine rings is 1. The molecule has 164 valence electrons. The molecular formula is C21H23F3N6O. The van der Waals surface area contributed by atoms with Crippen LogP contribution in [0.5, 0.6) is 5.75 Å². The average Bonchev–Trinajstić information content (AvgIpc) is 3.51. The summed E-state index contributed by atoms with van der Waals surface area (Å²) < 4.78 is 48.9. The van der Waals surface area contributed by atoms with Crippen LogP contribution in [0.4, 0.5) is 18.9 Å². The molecule has 0 aromatic carbocycles. The minimum atomic E-state index is -4.52. The SMILES string of the molecule is COc1cnc(C2CCN(c3ccn4c(CC5CC5)nnc4c3C(F)(F)F)CC2)nc1. The first-order valence-corrected chi connectivity index (χ1v) is 10.5. The molecule has 3 aromatic heterocycles. The molecule has 31 heavy (non-hydrogen) atoms. The Kier molecular flexibility index (Phi) is 4.94. The Labute approximate surface area is 177 Å². The number of hydrogen-bond acceptors (Lipinski definition) is 6. The van der Waals surface area contributed by atoms with E-state index in [1.807, 2.05) is 0 Å². The monoisotopic (exact) mass is 432 g/mol. The Morgan fingerprint density at radius 3 is 2.39 bits per heavy atom. The molecule has 0 radical (unpaired) electrons. The number of halogens is 3. The predicted molar refractivity (Wildman–Crippen MR) is 107 cm³/mol.